The summed E-state index contributed by atoms with van der Waals surface area (Å²) in [7, 11) is 0. The Bertz CT molecular complexity index is 467. The van der Waals surface area contributed by atoms with Gasteiger partial charge in [-0.1, -0.05) is 26.7 Å². The van der Waals surface area contributed by atoms with Gasteiger partial charge in [0.25, 0.3) is 0 Å². The lowest BCUT2D eigenvalue weighted by Crippen LogP contribution is -2.54. The molecular formula is C21H36O2. The smallest absolute Gasteiger partial charge is 0.163 e. The molecule has 0 amide bonds. The first-order valence-electron chi connectivity index (χ1n) is 10.2. The number of aliphatic hydroxyl groups is 2. The Morgan fingerprint density at radius 1 is 0.783 bits per heavy atom. The monoisotopic (exact) mass is 320 g/mol. The number of hydrogen-bond donors (Lipinski definition) is 2. The van der Waals surface area contributed by atoms with Crippen molar-refractivity contribution in [2.75, 3.05) is 0 Å². The van der Waals surface area contributed by atoms with Crippen molar-refractivity contribution in [2.24, 2.45) is 40.4 Å². The minimum absolute atomic E-state index is 0.0674. The van der Waals surface area contributed by atoms with Gasteiger partial charge >= 0.3 is 0 Å². The highest BCUT2D eigenvalue weighted by molar-refractivity contribution is 5.10. The Morgan fingerprint density at radius 2 is 1.52 bits per heavy atom. The van der Waals surface area contributed by atoms with Gasteiger partial charge in [-0.05, 0) is 92.8 Å². The van der Waals surface area contributed by atoms with E-state index in [2.05, 4.69) is 13.8 Å². The molecule has 23 heavy (non-hydrogen) atoms. The van der Waals surface area contributed by atoms with Crippen LogP contribution in [0.4, 0.5) is 0 Å². The fourth-order valence-electron chi connectivity index (χ4n) is 8.19. The quantitative estimate of drug-likeness (QED) is 0.685. The van der Waals surface area contributed by atoms with Gasteiger partial charge in [-0.25, -0.2) is 0 Å². The SMILES string of the molecule is CC(O)(O)[C@H]1CC[C@H]2[C@@H]3CC[C@@H]4CCCC[C@]4(C)[C@H]3CC[C@]12C. The molecule has 0 aromatic heterocycles. The molecule has 2 N–H and O–H groups in total. The van der Waals surface area contributed by atoms with E-state index in [-0.39, 0.29) is 11.3 Å². The highest BCUT2D eigenvalue weighted by Gasteiger charge is 2.61. The van der Waals surface area contributed by atoms with Gasteiger partial charge in [-0.15, -0.1) is 0 Å². The summed E-state index contributed by atoms with van der Waals surface area (Å²) >= 11 is 0. The molecule has 0 unspecified atom stereocenters. The van der Waals surface area contributed by atoms with Crippen LogP contribution in [0.1, 0.15) is 85.0 Å². The third-order valence-electron chi connectivity index (χ3n) is 9.24. The van der Waals surface area contributed by atoms with Crippen LogP contribution in [0.25, 0.3) is 0 Å². The van der Waals surface area contributed by atoms with Crippen LogP contribution < -0.4 is 0 Å². The molecule has 0 bridgehead atoms. The van der Waals surface area contributed by atoms with Crippen molar-refractivity contribution < 1.29 is 10.2 Å². The molecule has 4 aliphatic rings. The molecule has 2 nitrogen and oxygen atoms in total. The van der Waals surface area contributed by atoms with Gasteiger partial charge in [0.05, 0.1) is 0 Å². The average Bonchev–Trinajstić information content (AvgIpc) is 2.84. The standard InChI is InChI=1S/C21H36O2/c1-19-12-5-4-6-14(19)7-8-15-16-9-10-18(21(3,22)23)20(16,2)13-11-17(15)19/h14-18,22-23H,4-13H2,1-3H3/t14-,15-,16-,17-,18-,19-,20-/m0/s1. The van der Waals surface area contributed by atoms with Crippen molar-refractivity contribution in [3.63, 3.8) is 0 Å². The van der Waals surface area contributed by atoms with Gasteiger partial charge in [0.1, 0.15) is 0 Å². The van der Waals surface area contributed by atoms with Crippen LogP contribution >= 0.6 is 0 Å². The first-order valence-corrected chi connectivity index (χ1v) is 10.2. The Balaban J connectivity index is 1.63. The Labute approximate surface area is 142 Å². The van der Waals surface area contributed by atoms with E-state index in [9.17, 15) is 10.2 Å². The van der Waals surface area contributed by atoms with Crippen molar-refractivity contribution in [3.8, 4) is 0 Å². The molecule has 0 aromatic rings. The molecule has 132 valence electrons. The lowest BCUT2D eigenvalue weighted by atomic mass is 9.44. The maximum Gasteiger partial charge on any atom is 0.163 e. The van der Waals surface area contributed by atoms with E-state index in [0.717, 1.165) is 30.1 Å². The van der Waals surface area contributed by atoms with Crippen molar-refractivity contribution in [2.45, 2.75) is 90.8 Å². The fourth-order valence-corrected chi connectivity index (χ4v) is 8.19. The van der Waals surface area contributed by atoms with Crippen LogP contribution in [0.15, 0.2) is 0 Å². The lowest BCUT2D eigenvalue weighted by Gasteiger charge is -2.61. The molecule has 0 spiro atoms. The molecule has 0 aromatic carbocycles. The maximum absolute atomic E-state index is 10.3. The van der Waals surface area contributed by atoms with E-state index in [4.69, 9.17) is 0 Å². The van der Waals surface area contributed by atoms with Gasteiger partial charge in [0.2, 0.25) is 0 Å². The summed E-state index contributed by atoms with van der Waals surface area (Å²) in [5.41, 5.74) is 0.736. The second-order valence-electron chi connectivity index (χ2n) is 10.2. The predicted molar refractivity (Wildman–Crippen MR) is 92.7 cm³/mol. The van der Waals surface area contributed by atoms with Crippen LogP contribution in [0.3, 0.4) is 0 Å². The Hall–Kier alpha value is -0.0800. The normalized spacial score (nSPS) is 53.3. The zero-order valence-corrected chi connectivity index (χ0v) is 15.4. The third-order valence-corrected chi connectivity index (χ3v) is 9.24. The molecule has 0 heterocycles. The molecule has 0 aliphatic heterocycles. The molecule has 7 atom stereocenters. The van der Waals surface area contributed by atoms with Crippen molar-refractivity contribution in [3.05, 3.63) is 0 Å². The highest BCUT2D eigenvalue weighted by atomic mass is 16.5. The predicted octanol–water partition coefficient (Wildman–Crippen LogP) is 4.74. The van der Waals surface area contributed by atoms with E-state index in [0.29, 0.717) is 5.41 Å². The summed E-state index contributed by atoms with van der Waals surface area (Å²) in [6.45, 7) is 6.62. The molecule has 0 radical (unpaired) electrons. The van der Waals surface area contributed by atoms with Gasteiger partial charge in [-0.3, -0.25) is 0 Å². The average molecular weight is 321 g/mol. The van der Waals surface area contributed by atoms with Crippen LogP contribution in [-0.2, 0) is 0 Å². The molecule has 4 aliphatic carbocycles. The Kier molecular flexibility index (Phi) is 3.71. The van der Waals surface area contributed by atoms with E-state index in [1.807, 2.05) is 0 Å². The zero-order chi connectivity index (χ0) is 16.5. The van der Waals surface area contributed by atoms with Gasteiger partial charge < -0.3 is 10.2 Å². The summed E-state index contributed by atoms with van der Waals surface area (Å²) in [5.74, 6) is 2.02. The second kappa shape index (κ2) is 5.21. The minimum Gasteiger partial charge on any atom is -0.366 e. The molecule has 0 saturated heterocycles. The molecule has 2 heteroatoms. The number of rotatable bonds is 1. The third kappa shape index (κ3) is 2.27. The summed E-state index contributed by atoms with van der Waals surface area (Å²) in [5, 5.41) is 20.6. The zero-order valence-electron chi connectivity index (χ0n) is 15.4. The summed E-state index contributed by atoms with van der Waals surface area (Å²) in [4.78, 5) is 0. The Morgan fingerprint density at radius 3 is 2.26 bits per heavy atom. The van der Waals surface area contributed by atoms with Crippen molar-refractivity contribution in [1.29, 1.82) is 0 Å². The number of fused-ring (bicyclic) bond motifs is 5. The van der Waals surface area contributed by atoms with Gasteiger partial charge in [-0.2, -0.15) is 0 Å². The summed E-state index contributed by atoms with van der Waals surface area (Å²) in [6, 6.07) is 0. The molecule has 4 fully saturated rings. The maximum atomic E-state index is 10.3. The molecule has 4 saturated carbocycles. The van der Waals surface area contributed by atoms with E-state index < -0.39 is 5.79 Å². The lowest BCUT2D eigenvalue weighted by molar-refractivity contribution is -0.221. The van der Waals surface area contributed by atoms with Crippen LogP contribution in [0, 0.1) is 40.4 Å². The second-order valence-corrected chi connectivity index (χ2v) is 10.2. The van der Waals surface area contributed by atoms with E-state index in [1.54, 1.807) is 6.92 Å². The fraction of sp³-hybridized carbons (Fsp3) is 1.00. The van der Waals surface area contributed by atoms with Crippen molar-refractivity contribution in [1.82, 2.24) is 0 Å². The summed E-state index contributed by atoms with van der Waals surface area (Å²) < 4.78 is 0. The molecule has 4 rings (SSSR count). The van der Waals surface area contributed by atoms with Gasteiger partial charge in [0, 0.05) is 5.92 Å². The van der Waals surface area contributed by atoms with Crippen molar-refractivity contribution >= 4 is 0 Å². The first-order chi connectivity index (χ1) is 10.8. The number of hydrogen-bond acceptors (Lipinski definition) is 2. The van der Waals surface area contributed by atoms with Crippen LogP contribution in [-0.4, -0.2) is 16.0 Å². The topological polar surface area (TPSA) is 40.5 Å². The summed E-state index contributed by atoms with van der Waals surface area (Å²) in [6.07, 6.45) is 13.4. The van der Waals surface area contributed by atoms with Gasteiger partial charge in [0.15, 0.2) is 5.79 Å². The minimum atomic E-state index is -1.50. The van der Waals surface area contributed by atoms with E-state index in [1.165, 1.54) is 57.8 Å². The highest BCUT2D eigenvalue weighted by Crippen LogP contribution is 2.68. The van der Waals surface area contributed by atoms with E-state index >= 15 is 0 Å². The van der Waals surface area contributed by atoms with Crippen LogP contribution in [0.2, 0.25) is 0 Å². The largest absolute Gasteiger partial charge is 0.366 e. The first kappa shape index (κ1) is 16.4. The van der Waals surface area contributed by atoms with Crippen LogP contribution in [0.5, 0.6) is 0 Å². The molecular weight excluding hydrogens is 284 g/mol.